The van der Waals surface area contributed by atoms with Gasteiger partial charge in [0.25, 0.3) is 0 Å². The Morgan fingerprint density at radius 2 is 1.28 bits per heavy atom. The molecule has 0 N–H and O–H groups in total. The summed E-state index contributed by atoms with van der Waals surface area (Å²) in [5.41, 5.74) is 0. The van der Waals surface area contributed by atoms with Crippen LogP contribution in [0.1, 0.15) is 27.7 Å². The SMILES string of the molecule is CC(=O)O[C@@H]1O[C@H](C)[C@H](OC(C)=O)[C@H]1OC(C)=O. The lowest BCUT2D eigenvalue weighted by atomic mass is 10.1. The summed E-state index contributed by atoms with van der Waals surface area (Å²) >= 11 is 0. The molecule has 0 aromatic heterocycles. The van der Waals surface area contributed by atoms with Gasteiger partial charge in [0, 0.05) is 20.8 Å². The van der Waals surface area contributed by atoms with Gasteiger partial charge in [-0.2, -0.15) is 0 Å². The van der Waals surface area contributed by atoms with Crippen molar-refractivity contribution in [2.45, 2.75) is 52.3 Å². The van der Waals surface area contributed by atoms with Crippen LogP contribution in [-0.4, -0.2) is 42.5 Å². The van der Waals surface area contributed by atoms with Crippen LogP contribution < -0.4 is 0 Å². The molecule has 0 aromatic rings. The first kappa shape index (κ1) is 14.4. The van der Waals surface area contributed by atoms with E-state index in [9.17, 15) is 14.4 Å². The van der Waals surface area contributed by atoms with E-state index in [-0.39, 0.29) is 0 Å². The van der Waals surface area contributed by atoms with E-state index in [1.807, 2.05) is 0 Å². The minimum Gasteiger partial charge on any atom is -0.456 e. The van der Waals surface area contributed by atoms with Gasteiger partial charge in [-0.1, -0.05) is 0 Å². The van der Waals surface area contributed by atoms with Crippen LogP contribution in [0.3, 0.4) is 0 Å². The molecule has 1 fully saturated rings. The molecule has 0 saturated carbocycles. The third-order valence-corrected chi connectivity index (χ3v) is 2.29. The highest BCUT2D eigenvalue weighted by atomic mass is 16.7. The van der Waals surface area contributed by atoms with E-state index >= 15 is 0 Å². The zero-order chi connectivity index (χ0) is 13.9. The van der Waals surface area contributed by atoms with Gasteiger partial charge in [-0.05, 0) is 6.92 Å². The number of carbonyl (C=O) groups is 3. The maximum Gasteiger partial charge on any atom is 0.305 e. The van der Waals surface area contributed by atoms with E-state index in [0.29, 0.717) is 0 Å². The topological polar surface area (TPSA) is 88.1 Å². The highest BCUT2D eigenvalue weighted by Gasteiger charge is 2.49. The zero-order valence-electron chi connectivity index (χ0n) is 10.7. The molecule has 0 spiro atoms. The summed E-state index contributed by atoms with van der Waals surface area (Å²) in [5.74, 6) is -1.68. The molecular weight excluding hydrogens is 244 g/mol. The highest BCUT2D eigenvalue weighted by Crippen LogP contribution is 2.27. The predicted molar refractivity (Wildman–Crippen MR) is 57.2 cm³/mol. The van der Waals surface area contributed by atoms with Gasteiger partial charge in [-0.25, -0.2) is 0 Å². The largest absolute Gasteiger partial charge is 0.456 e. The second-order valence-corrected chi connectivity index (χ2v) is 3.97. The lowest BCUT2D eigenvalue weighted by Gasteiger charge is -2.22. The van der Waals surface area contributed by atoms with E-state index in [0.717, 1.165) is 0 Å². The molecular formula is C11H16O7. The summed E-state index contributed by atoms with van der Waals surface area (Å²) in [6.07, 6.45) is -3.35. The Hall–Kier alpha value is -1.63. The van der Waals surface area contributed by atoms with Crippen molar-refractivity contribution in [3.63, 3.8) is 0 Å². The van der Waals surface area contributed by atoms with Crippen LogP contribution in [0.2, 0.25) is 0 Å². The molecule has 1 aliphatic heterocycles. The Balaban J connectivity index is 2.83. The zero-order valence-corrected chi connectivity index (χ0v) is 10.7. The van der Waals surface area contributed by atoms with E-state index < -0.39 is 42.5 Å². The first-order chi connectivity index (χ1) is 8.31. The number of carbonyl (C=O) groups excluding carboxylic acids is 3. The van der Waals surface area contributed by atoms with E-state index in [2.05, 4.69) is 0 Å². The van der Waals surface area contributed by atoms with E-state index in [1.165, 1.54) is 20.8 Å². The summed E-state index contributed by atoms with van der Waals surface area (Å²) in [6.45, 7) is 5.28. The number of hydrogen-bond acceptors (Lipinski definition) is 7. The van der Waals surface area contributed by atoms with Gasteiger partial charge in [-0.3, -0.25) is 14.4 Å². The molecule has 0 aliphatic carbocycles. The first-order valence-electron chi connectivity index (χ1n) is 5.48. The molecule has 1 saturated heterocycles. The van der Waals surface area contributed by atoms with Crippen molar-refractivity contribution >= 4 is 17.9 Å². The molecule has 102 valence electrons. The Bertz CT molecular complexity index is 351. The van der Waals surface area contributed by atoms with Crippen LogP contribution in [0.4, 0.5) is 0 Å². The minimum absolute atomic E-state index is 0.531. The summed E-state index contributed by atoms with van der Waals surface area (Å²) in [6, 6.07) is 0. The van der Waals surface area contributed by atoms with Crippen molar-refractivity contribution in [1.82, 2.24) is 0 Å². The van der Waals surface area contributed by atoms with Crippen LogP contribution in [0.15, 0.2) is 0 Å². The molecule has 0 aromatic carbocycles. The molecule has 0 amide bonds. The Morgan fingerprint density at radius 3 is 1.72 bits per heavy atom. The maximum atomic E-state index is 11.0. The third-order valence-electron chi connectivity index (χ3n) is 2.29. The number of hydrogen-bond donors (Lipinski definition) is 0. The Morgan fingerprint density at radius 1 is 0.833 bits per heavy atom. The summed E-state index contributed by atoms with van der Waals surface area (Å²) < 4.78 is 20.2. The van der Waals surface area contributed by atoms with Gasteiger partial charge in [0.2, 0.25) is 12.4 Å². The van der Waals surface area contributed by atoms with Crippen LogP contribution >= 0.6 is 0 Å². The van der Waals surface area contributed by atoms with Crippen LogP contribution in [-0.2, 0) is 33.3 Å². The molecule has 0 radical (unpaired) electrons. The molecule has 0 unspecified atom stereocenters. The van der Waals surface area contributed by atoms with Crippen LogP contribution in [0.25, 0.3) is 0 Å². The van der Waals surface area contributed by atoms with Crippen molar-refractivity contribution in [2.75, 3.05) is 0 Å². The fourth-order valence-corrected chi connectivity index (χ4v) is 1.72. The molecule has 0 bridgehead atoms. The number of ether oxygens (including phenoxy) is 4. The number of rotatable bonds is 3. The van der Waals surface area contributed by atoms with Crippen molar-refractivity contribution in [3.05, 3.63) is 0 Å². The Kier molecular flexibility index (Phi) is 4.66. The van der Waals surface area contributed by atoms with Crippen LogP contribution in [0, 0.1) is 0 Å². The minimum atomic E-state index is -1.06. The van der Waals surface area contributed by atoms with Crippen molar-refractivity contribution < 1.29 is 33.3 Å². The highest BCUT2D eigenvalue weighted by molar-refractivity contribution is 5.68. The van der Waals surface area contributed by atoms with Crippen molar-refractivity contribution in [1.29, 1.82) is 0 Å². The quantitative estimate of drug-likeness (QED) is 0.527. The summed E-state index contributed by atoms with van der Waals surface area (Å²) in [4.78, 5) is 32.9. The molecule has 1 rings (SSSR count). The molecule has 7 heteroatoms. The van der Waals surface area contributed by atoms with Crippen LogP contribution in [0.5, 0.6) is 0 Å². The second kappa shape index (κ2) is 5.81. The lowest BCUT2D eigenvalue weighted by Crippen LogP contribution is -2.40. The fourth-order valence-electron chi connectivity index (χ4n) is 1.72. The Labute approximate surface area is 104 Å². The van der Waals surface area contributed by atoms with E-state index in [1.54, 1.807) is 6.92 Å². The fraction of sp³-hybridized carbons (Fsp3) is 0.727. The first-order valence-corrected chi connectivity index (χ1v) is 5.48. The maximum absolute atomic E-state index is 11.0. The van der Waals surface area contributed by atoms with Gasteiger partial charge in [0.05, 0.1) is 6.10 Å². The summed E-state index contributed by atoms with van der Waals surface area (Å²) in [7, 11) is 0. The molecule has 18 heavy (non-hydrogen) atoms. The monoisotopic (exact) mass is 260 g/mol. The second-order valence-electron chi connectivity index (χ2n) is 3.97. The molecule has 1 aliphatic rings. The molecule has 1 heterocycles. The average molecular weight is 260 g/mol. The third kappa shape index (κ3) is 3.69. The summed E-state index contributed by atoms with van der Waals surface area (Å²) in [5, 5.41) is 0. The lowest BCUT2D eigenvalue weighted by molar-refractivity contribution is -0.194. The van der Waals surface area contributed by atoms with Crippen molar-refractivity contribution in [3.8, 4) is 0 Å². The van der Waals surface area contributed by atoms with E-state index in [4.69, 9.17) is 18.9 Å². The number of esters is 3. The van der Waals surface area contributed by atoms with Gasteiger partial charge in [0.15, 0.2) is 6.10 Å². The van der Waals surface area contributed by atoms with Crippen molar-refractivity contribution in [2.24, 2.45) is 0 Å². The van der Waals surface area contributed by atoms with Gasteiger partial charge >= 0.3 is 17.9 Å². The van der Waals surface area contributed by atoms with Gasteiger partial charge < -0.3 is 18.9 Å². The standard InChI is InChI=1S/C11H16O7/c1-5-9(16-6(2)12)10(17-7(3)13)11(15-5)18-8(4)14/h5,9-11H,1-4H3/t5-,9+,10-,11+/m1/s1. The van der Waals surface area contributed by atoms with Gasteiger partial charge in [0.1, 0.15) is 0 Å². The molecule has 4 atom stereocenters. The predicted octanol–water partition coefficient (Wildman–Crippen LogP) is 0.158. The average Bonchev–Trinajstić information content (AvgIpc) is 2.43. The normalized spacial score (nSPS) is 30.7. The van der Waals surface area contributed by atoms with Gasteiger partial charge in [-0.15, -0.1) is 0 Å². The smallest absolute Gasteiger partial charge is 0.305 e. The molecule has 7 nitrogen and oxygen atoms in total.